The van der Waals surface area contributed by atoms with Gasteiger partial charge in [0, 0.05) is 6.54 Å². The van der Waals surface area contributed by atoms with Crippen LogP contribution in [-0.4, -0.2) is 11.4 Å². The summed E-state index contributed by atoms with van der Waals surface area (Å²) in [6.07, 6.45) is 3.50. The Kier molecular flexibility index (Phi) is 1.26. The van der Waals surface area contributed by atoms with E-state index >= 15 is 0 Å². The average molecular weight is 120 g/mol. The molecule has 0 saturated heterocycles. The molecule has 0 bridgehead atoms. The highest BCUT2D eigenvalue weighted by Gasteiger charge is 2.32. The highest BCUT2D eigenvalue weighted by molar-refractivity contribution is 6.24. The molecule has 1 nitrogen and oxygen atoms in total. The fourth-order valence-corrected chi connectivity index (χ4v) is 1.03. The van der Waals surface area contributed by atoms with Crippen molar-refractivity contribution in [3.8, 4) is 0 Å². The van der Waals surface area contributed by atoms with Gasteiger partial charge in [0.05, 0.1) is 4.87 Å². The van der Waals surface area contributed by atoms with Gasteiger partial charge in [0.15, 0.2) is 0 Å². The first kappa shape index (κ1) is 5.39. The van der Waals surface area contributed by atoms with Crippen LogP contribution in [0.2, 0.25) is 0 Å². The van der Waals surface area contributed by atoms with Gasteiger partial charge in [-0.1, -0.05) is 0 Å². The van der Waals surface area contributed by atoms with Crippen molar-refractivity contribution in [3.05, 3.63) is 0 Å². The molecule has 1 fully saturated rings. The van der Waals surface area contributed by atoms with Crippen molar-refractivity contribution >= 4 is 11.6 Å². The van der Waals surface area contributed by atoms with Crippen LogP contribution in [0, 0.1) is 0 Å². The molecule has 0 heterocycles. The molecule has 2 N–H and O–H groups in total. The van der Waals surface area contributed by atoms with Crippen molar-refractivity contribution in [2.24, 2.45) is 5.73 Å². The van der Waals surface area contributed by atoms with E-state index in [-0.39, 0.29) is 4.87 Å². The fraction of sp³-hybridized carbons (Fsp3) is 1.00. The van der Waals surface area contributed by atoms with Gasteiger partial charge in [-0.15, -0.1) is 11.6 Å². The van der Waals surface area contributed by atoms with E-state index in [1.165, 1.54) is 6.42 Å². The van der Waals surface area contributed by atoms with E-state index in [2.05, 4.69) is 0 Å². The average Bonchev–Trinajstić information content (AvgIpc) is 1.61. The zero-order valence-corrected chi connectivity index (χ0v) is 5.04. The number of rotatable bonds is 1. The number of halogens is 1. The third-order valence-electron chi connectivity index (χ3n) is 1.62. The van der Waals surface area contributed by atoms with Crippen LogP contribution < -0.4 is 5.73 Å². The Morgan fingerprint density at radius 3 is 2.14 bits per heavy atom. The summed E-state index contributed by atoms with van der Waals surface area (Å²) < 4.78 is 0. The molecule has 0 atom stereocenters. The molecule has 7 heavy (non-hydrogen) atoms. The summed E-state index contributed by atoms with van der Waals surface area (Å²) in [6.45, 7) is 0.647. The molecule has 1 aliphatic rings. The summed E-state index contributed by atoms with van der Waals surface area (Å²) >= 11 is 5.87. The summed E-state index contributed by atoms with van der Waals surface area (Å²) in [4.78, 5) is 0.0139. The van der Waals surface area contributed by atoms with Crippen LogP contribution in [-0.2, 0) is 0 Å². The zero-order valence-electron chi connectivity index (χ0n) is 4.28. The first-order valence-corrected chi connectivity index (χ1v) is 3.04. The maximum atomic E-state index is 5.87. The van der Waals surface area contributed by atoms with Crippen LogP contribution in [0.25, 0.3) is 0 Å². The fourth-order valence-electron chi connectivity index (χ4n) is 0.765. The molecule has 0 radical (unpaired) electrons. The highest BCUT2D eigenvalue weighted by Crippen LogP contribution is 2.36. The molecule has 0 spiro atoms. The van der Waals surface area contributed by atoms with Gasteiger partial charge in [0.1, 0.15) is 0 Å². The number of nitrogens with two attached hydrogens (primary N) is 1. The van der Waals surface area contributed by atoms with Crippen LogP contribution in [0.4, 0.5) is 0 Å². The summed E-state index contributed by atoms with van der Waals surface area (Å²) in [6, 6.07) is 0. The van der Waals surface area contributed by atoms with Gasteiger partial charge < -0.3 is 5.73 Å². The Bertz CT molecular complexity index is 63.0. The van der Waals surface area contributed by atoms with Crippen LogP contribution in [0.15, 0.2) is 0 Å². The highest BCUT2D eigenvalue weighted by atomic mass is 35.5. The molecule has 0 aromatic carbocycles. The van der Waals surface area contributed by atoms with Crippen molar-refractivity contribution < 1.29 is 0 Å². The van der Waals surface area contributed by atoms with Gasteiger partial charge in [-0.05, 0) is 19.3 Å². The molecular weight excluding hydrogens is 110 g/mol. The third kappa shape index (κ3) is 0.892. The molecule has 0 unspecified atom stereocenters. The smallest absolute Gasteiger partial charge is 0.0568 e. The minimum absolute atomic E-state index is 0.0139. The van der Waals surface area contributed by atoms with Gasteiger partial charge in [0.2, 0.25) is 0 Å². The normalized spacial score (nSPS) is 26.6. The minimum Gasteiger partial charge on any atom is -0.329 e. The standard InChI is InChI=1S/C5H10ClN/c6-5(4-7)2-1-3-5/h1-4,7H2. The second-order valence-electron chi connectivity index (χ2n) is 2.21. The molecule has 0 aromatic heterocycles. The maximum absolute atomic E-state index is 5.87. The van der Waals surface area contributed by atoms with Crippen molar-refractivity contribution in [1.82, 2.24) is 0 Å². The number of hydrogen-bond acceptors (Lipinski definition) is 1. The van der Waals surface area contributed by atoms with E-state index in [0.717, 1.165) is 12.8 Å². The summed E-state index contributed by atoms with van der Waals surface area (Å²) in [5.74, 6) is 0. The molecule has 0 amide bonds. The zero-order chi connectivity index (χ0) is 5.33. The van der Waals surface area contributed by atoms with Gasteiger partial charge in [-0.25, -0.2) is 0 Å². The topological polar surface area (TPSA) is 26.0 Å². The maximum Gasteiger partial charge on any atom is 0.0568 e. The van der Waals surface area contributed by atoms with Crippen LogP contribution in [0.5, 0.6) is 0 Å². The Balaban J connectivity index is 2.29. The molecule has 1 aliphatic carbocycles. The lowest BCUT2D eigenvalue weighted by molar-refractivity contribution is 0.361. The van der Waals surface area contributed by atoms with E-state index in [0.29, 0.717) is 6.54 Å². The van der Waals surface area contributed by atoms with Gasteiger partial charge >= 0.3 is 0 Å². The second kappa shape index (κ2) is 1.64. The van der Waals surface area contributed by atoms with Crippen LogP contribution >= 0.6 is 11.6 Å². The van der Waals surface area contributed by atoms with E-state index in [1.54, 1.807) is 0 Å². The summed E-state index contributed by atoms with van der Waals surface area (Å²) in [5.41, 5.74) is 5.34. The lowest BCUT2D eigenvalue weighted by Gasteiger charge is -2.33. The molecule has 1 saturated carbocycles. The first-order chi connectivity index (χ1) is 3.27. The third-order valence-corrected chi connectivity index (χ3v) is 2.15. The predicted octanol–water partition coefficient (Wildman–Crippen LogP) is 1.11. The van der Waals surface area contributed by atoms with E-state index in [4.69, 9.17) is 17.3 Å². The Labute approximate surface area is 48.8 Å². The number of alkyl halides is 1. The van der Waals surface area contributed by atoms with Crippen LogP contribution in [0.1, 0.15) is 19.3 Å². The molecule has 0 aliphatic heterocycles. The Hall–Kier alpha value is 0.250. The lowest BCUT2D eigenvalue weighted by atomic mass is 9.85. The molecule has 42 valence electrons. The van der Waals surface area contributed by atoms with Crippen molar-refractivity contribution in [2.45, 2.75) is 24.1 Å². The Morgan fingerprint density at radius 1 is 1.57 bits per heavy atom. The van der Waals surface area contributed by atoms with E-state index < -0.39 is 0 Å². The lowest BCUT2D eigenvalue weighted by Crippen LogP contribution is -2.38. The number of hydrogen-bond donors (Lipinski definition) is 1. The molecule has 0 aromatic rings. The molecular formula is C5H10ClN. The van der Waals surface area contributed by atoms with Crippen molar-refractivity contribution in [1.29, 1.82) is 0 Å². The van der Waals surface area contributed by atoms with E-state index in [1.807, 2.05) is 0 Å². The van der Waals surface area contributed by atoms with Crippen molar-refractivity contribution in [3.63, 3.8) is 0 Å². The SMILES string of the molecule is NCC1(Cl)CCC1. The molecule has 2 heteroatoms. The summed E-state index contributed by atoms with van der Waals surface area (Å²) in [5, 5.41) is 0. The van der Waals surface area contributed by atoms with Gasteiger partial charge in [-0.2, -0.15) is 0 Å². The van der Waals surface area contributed by atoms with E-state index in [9.17, 15) is 0 Å². The quantitative estimate of drug-likeness (QED) is 0.514. The predicted molar refractivity (Wildman–Crippen MR) is 31.5 cm³/mol. The van der Waals surface area contributed by atoms with Crippen molar-refractivity contribution in [2.75, 3.05) is 6.54 Å². The largest absolute Gasteiger partial charge is 0.329 e. The molecule has 1 rings (SSSR count). The Morgan fingerprint density at radius 2 is 2.14 bits per heavy atom. The monoisotopic (exact) mass is 119 g/mol. The summed E-state index contributed by atoms with van der Waals surface area (Å²) in [7, 11) is 0. The van der Waals surface area contributed by atoms with Crippen LogP contribution in [0.3, 0.4) is 0 Å². The van der Waals surface area contributed by atoms with Gasteiger partial charge in [-0.3, -0.25) is 0 Å². The second-order valence-corrected chi connectivity index (χ2v) is 3.01. The minimum atomic E-state index is 0.0139. The first-order valence-electron chi connectivity index (χ1n) is 2.66. The van der Waals surface area contributed by atoms with Gasteiger partial charge in [0.25, 0.3) is 0 Å².